The van der Waals surface area contributed by atoms with Crippen LogP contribution in [0, 0.1) is 5.92 Å². The number of nitrogens with zero attached hydrogens (tertiary/aromatic N) is 3. The van der Waals surface area contributed by atoms with E-state index >= 15 is 0 Å². The maximum absolute atomic E-state index is 11.7. The number of carbonyl (C=O) groups is 1. The van der Waals surface area contributed by atoms with Crippen molar-refractivity contribution in [2.24, 2.45) is 16.6 Å². The smallest absolute Gasteiger partial charge is 0.348 e. The third-order valence-corrected chi connectivity index (χ3v) is 3.75. The molecule has 9 nitrogen and oxygen atoms in total. The maximum atomic E-state index is 11.7. The van der Waals surface area contributed by atoms with Gasteiger partial charge in [0.25, 0.3) is 0 Å². The lowest BCUT2D eigenvalue weighted by atomic mass is 10.1. The highest BCUT2D eigenvalue weighted by molar-refractivity contribution is 7.55. The molecule has 0 radical (unpaired) electrons. The van der Waals surface area contributed by atoms with Crippen LogP contribution in [0.4, 0.5) is 5.82 Å². The minimum Gasteiger partial charge on any atom is -0.396 e. The predicted molar refractivity (Wildman–Crippen MR) is 78.8 cm³/mol. The summed E-state index contributed by atoms with van der Waals surface area (Å²) in [5, 5.41) is 9.24. The Morgan fingerprint density at radius 1 is 1.50 bits per heavy atom. The molecular formula is C12H17N4O5P. The summed E-state index contributed by atoms with van der Waals surface area (Å²) >= 11 is 0. The van der Waals surface area contributed by atoms with E-state index in [4.69, 9.17) is 15.5 Å². The van der Waals surface area contributed by atoms with Gasteiger partial charge in [0.1, 0.15) is 5.84 Å². The predicted octanol–water partition coefficient (Wildman–Crippen LogP) is 0.148. The quantitative estimate of drug-likeness (QED) is 0.542. The Kier molecular flexibility index (Phi) is 4.92. The fraction of sp³-hybridized carbons (Fsp3) is 0.417. The fourth-order valence-electron chi connectivity index (χ4n) is 2.06. The first-order valence-corrected chi connectivity index (χ1v) is 8.25. The second-order valence-corrected chi connectivity index (χ2v) is 6.45. The second-order valence-electron chi connectivity index (χ2n) is 4.98. The summed E-state index contributed by atoms with van der Waals surface area (Å²) in [5.41, 5.74) is 5.86. The molecule has 0 bridgehead atoms. The van der Waals surface area contributed by atoms with Crippen LogP contribution in [-0.2, 0) is 11.1 Å². The van der Waals surface area contributed by atoms with Crippen molar-refractivity contribution in [1.82, 2.24) is 9.55 Å². The number of amidine groups is 1. The Bertz CT molecular complexity index is 675. The number of aromatic nitrogens is 2. The summed E-state index contributed by atoms with van der Waals surface area (Å²) in [5.74, 6) is 0.758. The van der Waals surface area contributed by atoms with Crippen molar-refractivity contribution >= 4 is 25.0 Å². The third-order valence-electron chi connectivity index (χ3n) is 3.19. The Balaban J connectivity index is 2.08. The Hall–Kier alpha value is -1.80. The van der Waals surface area contributed by atoms with E-state index in [9.17, 15) is 14.5 Å². The summed E-state index contributed by atoms with van der Waals surface area (Å²) in [6.45, 7) is 0.126. The molecule has 1 unspecified atom stereocenters. The van der Waals surface area contributed by atoms with Gasteiger partial charge in [-0.05, 0) is 6.42 Å². The van der Waals surface area contributed by atoms with Crippen LogP contribution in [0.25, 0.3) is 0 Å². The van der Waals surface area contributed by atoms with Gasteiger partial charge in [-0.1, -0.05) is 6.08 Å². The van der Waals surface area contributed by atoms with Crippen LogP contribution in [0.2, 0.25) is 0 Å². The molecule has 1 atom stereocenters. The minimum atomic E-state index is -4.25. The monoisotopic (exact) mass is 328 g/mol. The molecule has 1 aliphatic heterocycles. The van der Waals surface area contributed by atoms with E-state index in [1.54, 1.807) is 4.57 Å². The van der Waals surface area contributed by atoms with Gasteiger partial charge in [-0.25, -0.2) is 9.98 Å². The number of ketones is 1. The first kappa shape index (κ1) is 16.6. The average Bonchev–Trinajstić information content (AvgIpc) is 2.81. The number of aliphatic hydroxyl groups excluding tert-OH is 1. The first-order chi connectivity index (χ1) is 10.3. The molecule has 0 amide bonds. The van der Waals surface area contributed by atoms with Crippen molar-refractivity contribution in [3.63, 3.8) is 0 Å². The SMILES string of the molecule is NC1=Nc2c(ncn2CCC(/C=C/P(=O)(O)O)CO)C(=O)C1. The van der Waals surface area contributed by atoms with Crippen molar-refractivity contribution < 1.29 is 24.3 Å². The van der Waals surface area contributed by atoms with Gasteiger partial charge in [0.05, 0.1) is 12.7 Å². The molecule has 2 heterocycles. The molecule has 0 spiro atoms. The van der Waals surface area contributed by atoms with Crippen molar-refractivity contribution in [2.45, 2.75) is 19.4 Å². The number of carbonyl (C=O) groups excluding carboxylic acids is 1. The topological polar surface area (TPSA) is 151 Å². The van der Waals surface area contributed by atoms with E-state index in [0.29, 0.717) is 18.8 Å². The molecule has 10 heteroatoms. The summed E-state index contributed by atoms with van der Waals surface area (Å²) in [7, 11) is -4.25. The van der Waals surface area contributed by atoms with E-state index < -0.39 is 13.5 Å². The molecular weight excluding hydrogens is 311 g/mol. The maximum Gasteiger partial charge on any atom is 0.348 e. The van der Waals surface area contributed by atoms with Crippen LogP contribution in [0.15, 0.2) is 23.2 Å². The zero-order valence-corrected chi connectivity index (χ0v) is 12.6. The van der Waals surface area contributed by atoms with E-state index in [2.05, 4.69) is 9.98 Å². The molecule has 1 aliphatic rings. The number of aryl methyl sites for hydroxylation is 1. The van der Waals surface area contributed by atoms with Gasteiger partial charge in [-0.2, -0.15) is 0 Å². The summed E-state index contributed by atoms with van der Waals surface area (Å²) < 4.78 is 12.4. The van der Waals surface area contributed by atoms with Crippen LogP contribution in [0.3, 0.4) is 0 Å². The van der Waals surface area contributed by atoms with Crippen molar-refractivity contribution in [1.29, 1.82) is 0 Å². The number of rotatable bonds is 6. The Morgan fingerprint density at radius 3 is 2.86 bits per heavy atom. The highest BCUT2D eigenvalue weighted by Crippen LogP contribution is 2.36. The van der Waals surface area contributed by atoms with Gasteiger partial charge in [-0.3, -0.25) is 9.36 Å². The van der Waals surface area contributed by atoms with Crippen LogP contribution >= 0.6 is 7.60 Å². The van der Waals surface area contributed by atoms with Gasteiger partial charge >= 0.3 is 7.60 Å². The minimum absolute atomic E-state index is 0.0499. The van der Waals surface area contributed by atoms with Crippen LogP contribution < -0.4 is 5.73 Å². The zero-order valence-electron chi connectivity index (χ0n) is 11.7. The van der Waals surface area contributed by atoms with Crippen molar-refractivity contribution in [3.05, 3.63) is 23.9 Å². The van der Waals surface area contributed by atoms with E-state index in [0.717, 1.165) is 5.82 Å². The molecule has 0 aromatic carbocycles. The van der Waals surface area contributed by atoms with E-state index in [1.807, 2.05) is 0 Å². The van der Waals surface area contributed by atoms with Crippen LogP contribution in [0.5, 0.6) is 0 Å². The van der Waals surface area contributed by atoms with Crippen molar-refractivity contribution in [3.8, 4) is 0 Å². The molecule has 0 aliphatic carbocycles. The van der Waals surface area contributed by atoms with E-state index in [-0.39, 0.29) is 30.3 Å². The lowest BCUT2D eigenvalue weighted by Crippen LogP contribution is -2.21. The molecule has 1 aromatic rings. The van der Waals surface area contributed by atoms with Gasteiger partial charge in [0.2, 0.25) is 0 Å². The van der Waals surface area contributed by atoms with Gasteiger partial charge in [0.15, 0.2) is 17.3 Å². The van der Waals surface area contributed by atoms with Gasteiger partial charge in [-0.15, -0.1) is 0 Å². The lowest BCUT2D eigenvalue weighted by molar-refractivity contribution is 0.0995. The number of nitrogens with two attached hydrogens (primary N) is 1. The molecule has 22 heavy (non-hydrogen) atoms. The number of Topliss-reactive ketones (excluding diaryl/α,β-unsaturated/α-hetero) is 1. The third kappa shape index (κ3) is 4.11. The zero-order chi connectivity index (χ0) is 16.3. The molecule has 0 saturated heterocycles. The summed E-state index contributed by atoms with van der Waals surface area (Å²) in [6, 6.07) is 0. The largest absolute Gasteiger partial charge is 0.396 e. The van der Waals surface area contributed by atoms with Gasteiger partial charge < -0.3 is 25.2 Å². The van der Waals surface area contributed by atoms with E-state index in [1.165, 1.54) is 12.4 Å². The molecule has 0 saturated carbocycles. The Labute approximate surface area is 126 Å². The van der Waals surface area contributed by atoms with Gasteiger partial charge in [0, 0.05) is 24.9 Å². The van der Waals surface area contributed by atoms with Crippen LogP contribution in [-0.4, -0.2) is 42.7 Å². The standard InChI is InChI=1S/C12H17N4O5P/c13-10-5-9(18)11-12(15-10)16(7-14-11)3-1-8(6-17)2-4-22(19,20)21/h2,4,7-8,17H,1,3,5-6H2,(H2,13,15)(H2,19,20,21)/b4-2+. The Morgan fingerprint density at radius 2 is 2.23 bits per heavy atom. The molecule has 2 rings (SSSR count). The number of hydrogen-bond donors (Lipinski definition) is 4. The molecule has 120 valence electrons. The highest BCUT2D eigenvalue weighted by Gasteiger charge is 2.23. The number of hydrogen-bond acceptors (Lipinski definition) is 6. The molecule has 5 N–H and O–H groups in total. The van der Waals surface area contributed by atoms with Crippen molar-refractivity contribution in [2.75, 3.05) is 6.61 Å². The lowest BCUT2D eigenvalue weighted by Gasteiger charge is -2.13. The average molecular weight is 328 g/mol. The fourth-order valence-corrected chi connectivity index (χ4v) is 2.53. The number of aliphatic imine (C=N–C) groups is 1. The summed E-state index contributed by atoms with van der Waals surface area (Å²) in [6.07, 6.45) is 3.20. The number of fused-ring (bicyclic) bond motifs is 1. The highest BCUT2D eigenvalue weighted by atomic mass is 31.2. The molecule has 1 aromatic heterocycles. The normalized spacial score (nSPS) is 16.7. The number of aliphatic hydroxyl groups is 1. The summed E-state index contributed by atoms with van der Waals surface area (Å²) in [4.78, 5) is 37.4. The first-order valence-electron chi connectivity index (χ1n) is 6.57. The molecule has 0 fully saturated rings. The number of imidazole rings is 1. The van der Waals surface area contributed by atoms with Crippen LogP contribution in [0.1, 0.15) is 23.3 Å². The second kappa shape index (κ2) is 6.53.